The molecule has 2 rings (SSSR count). The summed E-state index contributed by atoms with van der Waals surface area (Å²) in [6.45, 7) is 6.94. The van der Waals surface area contributed by atoms with Gasteiger partial charge in [-0.3, -0.25) is 9.69 Å². The molecule has 2 unspecified atom stereocenters. The molecule has 1 N–H and O–H groups in total. The summed E-state index contributed by atoms with van der Waals surface area (Å²) >= 11 is 0. The summed E-state index contributed by atoms with van der Waals surface area (Å²) < 4.78 is 0. The minimum Gasteiger partial charge on any atom is -0.342 e. The van der Waals surface area contributed by atoms with Gasteiger partial charge in [0.1, 0.15) is 0 Å². The molecular weight excluding hydrogens is 238 g/mol. The van der Waals surface area contributed by atoms with Crippen LogP contribution in [0.5, 0.6) is 0 Å². The zero-order chi connectivity index (χ0) is 13.8. The van der Waals surface area contributed by atoms with E-state index in [1.54, 1.807) is 0 Å². The zero-order valence-electron chi connectivity index (χ0n) is 12.7. The SMILES string of the molecule is CC1CN(CC(=O)N(C)C2CCCCC2)C(C)CN1. The summed E-state index contributed by atoms with van der Waals surface area (Å²) in [5, 5.41) is 3.46. The highest BCUT2D eigenvalue weighted by Crippen LogP contribution is 2.22. The van der Waals surface area contributed by atoms with Gasteiger partial charge in [-0.25, -0.2) is 0 Å². The molecule has 19 heavy (non-hydrogen) atoms. The average Bonchev–Trinajstić information content (AvgIpc) is 2.43. The lowest BCUT2D eigenvalue weighted by molar-refractivity contribution is -0.134. The lowest BCUT2D eigenvalue weighted by Crippen LogP contribution is -2.57. The van der Waals surface area contributed by atoms with Crippen molar-refractivity contribution in [3.05, 3.63) is 0 Å². The van der Waals surface area contributed by atoms with E-state index < -0.39 is 0 Å². The Morgan fingerprint density at radius 3 is 2.63 bits per heavy atom. The second-order valence-electron chi connectivity index (χ2n) is 6.38. The van der Waals surface area contributed by atoms with Crippen molar-refractivity contribution in [1.82, 2.24) is 15.1 Å². The molecule has 4 nitrogen and oxygen atoms in total. The van der Waals surface area contributed by atoms with E-state index in [2.05, 4.69) is 24.1 Å². The first-order chi connectivity index (χ1) is 9.08. The highest BCUT2D eigenvalue weighted by atomic mass is 16.2. The quantitative estimate of drug-likeness (QED) is 0.841. The van der Waals surface area contributed by atoms with Crippen LogP contribution in [0.15, 0.2) is 0 Å². The molecule has 2 aliphatic rings. The Morgan fingerprint density at radius 1 is 1.26 bits per heavy atom. The highest BCUT2D eigenvalue weighted by Gasteiger charge is 2.27. The predicted octanol–water partition coefficient (Wildman–Crippen LogP) is 1.46. The maximum atomic E-state index is 12.4. The molecule has 1 aliphatic heterocycles. The van der Waals surface area contributed by atoms with Crippen LogP contribution in [0.25, 0.3) is 0 Å². The fourth-order valence-corrected chi connectivity index (χ4v) is 3.27. The Bertz CT molecular complexity index is 302. The number of likely N-dealkylation sites (N-methyl/N-ethyl adjacent to an activating group) is 1. The lowest BCUT2D eigenvalue weighted by atomic mass is 9.94. The average molecular weight is 267 g/mol. The van der Waals surface area contributed by atoms with Gasteiger partial charge in [0.05, 0.1) is 6.54 Å². The van der Waals surface area contributed by atoms with Crippen molar-refractivity contribution in [1.29, 1.82) is 0 Å². The Kier molecular flexibility index (Phi) is 5.22. The van der Waals surface area contributed by atoms with E-state index in [0.29, 0.717) is 30.6 Å². The van der Waals surface area contributed by atoms with Gasteiger partial charge in [0.15, 0.2) is 0 Å². The van der Waals surface area contributed by atoms with Gasteiger partial charge in [-0.2, -0.15) is 0 Å². The molecule has 1 saturated heterocycles. The van der Waals surface area contributed by atoms with Crippen molar-refractivity contribution >= 4 is 5.91 Å². The van der Waals surface area contributed by atoms with Gasteiger partial charge in [-0.05, 0) is 26.7 Å². The lowest BCUT2D eigenvalue weighted by Gasteiger charge is -2.39. The van der Waals surface area contributed by atoms with Crippen LogP contribution in [-0.4, -0.2) is 60.5 Å². The van der Waals surface area contributed by atoms with E-state index in [4.69, 9.17) is 0 Å². The van der Waals surface area contributed by atoms with Crippen molar-refractivity contribution in [3.63, 3.8) is 0 Å². The fraction of sp³-hybridized carbons (Fsp3) is 0.933. The summed E-state index contributed by atoms with van der Waals surface area (Å²) in [6.07, 6.45) is 6.28. The third-order valence-electron chi connectivity index (χ3n) is 4.75. The van der Waals surface area contributed by atoms with Crippen LogP contribution in [0, 0.1) is 0 Å². The number of hydrogen-bond donors (Lipinski definition) is 1. The smallest absolute Gasteiger partial charge is 0.236 e. The second-order valence-corrected chi connectivity index (χ2v) is 6.38. The largest absolute Gasteiger partial charge is 0.342 e. The van der Waals surface area contributed by atoms with Gasteiger partial charge in [-0.15, -0.1) is 0 Å². The second kappa shape index (κ2) is 6.71. The van der Waals surface area contributed by atoms with E-state index in [1.165, 1.54) is 32.1 Å². The van der Waals surface area contributed by atoms with Gasteiger partial charge in [-0.1, -0.05) is 19.3 Å². The molecule has 0 bridgehead atoms. The molecule has 110 valence electrons. The van der Waals surface area contributed by atoms with Crippen LogP contribution in [0.4, 0.5) is 0 Å². The molecule has 4 heteroatoms. The standard InChI is InChI=1S/C15H29N3O/c1-12-10-18(13(2)9-16-12)11-15(19)17(3)14-7-5-4-6-8-14/h12-14,16H,4-11H2,1-3H3. The Balaban J connectivity index is 1.85. The summed E-state index contributed by atoms with van der Waals surface area (Å²) in [4.78, 5) is 16.8. The normalized spacial score (nSPS) is 30.3. The molecule has 0 aromatic carbocycles. The molecule has 2 atom stereocenters. The van der Waals surface area contributed by atoms with Crippen molar-refractivity contribution in [2.75, 3.05) is 26.7 Å². The van der Waals surface area contributed by atoms with Gasteiger partial charge in [0.2, 0.25) is 5.91 Å². The van der Waals surface area contributed by atoms with Crippen LogP contribution in [0.1, 0.15) is 46.0 Å². The number of carbonyl (C=O) groups excluding carboxylic acids is 1. The first kappa shape index (κ1) is 14.8. The van der Waals surface area contributed by atoms with Gasteiger partial charge in [0, 0.05) is 38.3 Å². The van der Waals surface area contributed by atoms with Gasteiger partial charge < -0.3 is 10.2 Å². The number of nitrogens with one attached hydrogen (secondary N) is 1. The van der Waals surface area contributed by atoms with Crippen LogP contribution in [0.3, 0.4) is 0 Å². The molecule has 0 aromatic rings. The Labute approximate surface area is 117 Å². The van der Waals surface area contributed by atoms with Crippen molar-refractivity contribution in [2.24, 2.45) is 0 Å². The van der Waals surface area contributed by atoms with E-state index in [0.717, 1.165) is 13.1 Å². The number of nitrogens with zero attached hydrogens (tertiary/aromatic N) is 2. The Hall–Kier alpha value is -0.610. The van der Waals surface area contributed by atoms with Crippen molar-refractivity contribution in [2.45, 2.75) is 64.1 Å². The Morgan fingerprint density at radius 2 is 1.95 bits per heavy atom. The number of rotatable bonds is 3. The predicted molar refractivity (Wildman–Crippen MR) is 78.1 cm³/mol. The van der Waals surface area contributed by atoms with E-state index in [9.17, 15) is 4.79 Å². The molecule has 0 radical (unpaired) electrons. The minimum atomic E-state index is 0.299. The number of carbonyl (C=O) groups is 1. The molecular formula is C15H29N3O. The number of amides is 1. The topological polar surface area (TPSA) is 35.6 Å². The van der Waals surface area contributed by atoms with E-state index in [1.807, 2.05) is 11.9 Å². The summed E-state index contributed by atoms with van der Waals surface area (Å²) in [5.41, 5.74) is 0. The monoisotopic (exact) mass is 267 g/mol. The zero-order valence-corrected chi connectivity index (χ0v) is 12.7. The number of hydrogen-bond acceptors (Lipinski definition) is 3. The van der Waals surface area contributed by atoms with Crippen LogP contribution in [0.2, 0.25) is 0 Å². The van der Waals surface area contributed by atoms with Gasteiger partial charge in [0.25, 0.3) is 0 Å². The van der Waals surface area contributed by atoms with Crippen molar-refractivity contribution in [3.8, 4) is 0 Å². The number of piperazine rings is 1. The third kappa shape index (κ3) is 3.93. The molecule has 0 spiro atoms. The summed E-state index contributed by atoms with van der Waals surface area (Å²) in [7, 11) is 1.99. The summed E-state index contributed by atoms with van der Waals surface area (Å²) in [5.74, 6) is 0.299. The summed E-state index contributed by atoms with van der Waals surface area (Å²) in [6, 6.07) is 1.43. The van der Waals surface area contributed by atoms with Crippen molar-refractivity contribution < 1.29 is 4.79 Å². The van der Waals surface area contributed by atoms with Gasteiger partial charge >= 0.3 is 0 Å². The van der Waals surface area contributed by atoms with Crippen LogP contribution in [-0.2, 0) is 4.79 Å². The van der Waals surface area contributed by atoms with Crippen LogP contribution < -0.4 is 5.32 Å². The van der Waals surface area contributed by atoms with E-state index >= 15 is 0 Å². The molecule has 1 amide bonds. The molecule has 1 heterocycles. The first-order valence-corrected chi connectivity index (χ1v) is 7.81. The van der Waals surface area contributed by atoms with E-state index in [-0.39, 0.29) is 0 Å². The molecule has 1 aliphatic carbocycles. The minimum absolute atomic E-state index is 0.299. The molecule has 0 aromatic heterocycles. The maximum Gasteiger partial charge on any atom is 0.236 e. The molecule has 2 fully saturated rings. The molecule has 1 saturated carbocycles. The van der Waals surface area contributed by atoms with Crippen LogP contribution >= 0.6 is 0 Å². The third-order valence-corrected chi connectivity index (χ3v) is 4.75. The first-order valence-electron chi connectivity index (χ1n) is 7.81. The highest BCUT2D eigenvalue weighted by molar-refractivity contribution is 5.78. The fourth-order valence-electron chi connectivity index (χ4n) is 3.27. The maximum absolute atomic E-state index is 12.4.